The highest BCUT2D eigenvalue weighted by molar-refractivity contribution is 5.73. The first-order valence-corrected chi connectivity index (χ1v) is 14.2. The van der Waals surface area contributed by atoms with Crippen LogP contribution in [-0.4, -0.2) is 12.3 Å². The van der Waals surface area contributed by atoms with Crippen LogP contribution < -0.4 is 10.6 Å². The summed E-state index contributed by atoms with van der Waals surface area (Å²) in [6.07, 6.45) is 18.9. The lowest BCUT2D eigenvalue weighted by Crippen LogP contribution is -2.23. The minimum atomic E-state index is -0.132. The lowest BCUT2D eigenvalue weighted by atomic mass is 9.90. The van der Waals surface area contributed by atoms with Gasteiger partial charge in [-0.15, -0.1) is 0 Å². The molecule has 1 saturated carbocycles. The molecule has 3 rings (SSSR count). The van der Waals surface area contributed by atoms with Crippen molar-refractivity contribution in [2.24, 2.45) is 16.3 Å². The lowest BCUT2D eigenvalue weighted by Gasteiger charge is -2.24. The number of aryl methyl sites for hydroxylation is 1. The number of hydrogen-bond acceptors (Lipinski definition) is 3. The van der Waals surface area contributed by atoms with Crippen molar-refractivity contribution in [2.75, 3.05) is 5.32 Å². The Hall–Kier alpha value is -3.59. The van der Waals surface area contributed by atoms with Crippen LogP contribution in [0.15, 0.2) is 125 Å². The van der Waals surface area contributed by atoms with Crippen LogP contribution >= 0.6 is 0 Å². The molecule has 1 aliphatic carbocycles. The molecule has 2 N–H and O–H groups in total. The van der Waals surface area contributed by atoms with Gasteiger partial charge in [0.25, 0.3) is 0 Å². The van der Waals surface area contributed by atoms with E-state index in [9.17, 15) is 0 Å². The summed E-state index contributed by atoms with van der Waals surface area (Å²) in [5.41, 5.74) is 10.2. The van der Waals surface area contributed by atoms with E-state index in [2.05, 4.69) is 126 Å². The number of rotatable bonds is 11. The molecule has 0 saturated heterocycles. The van der Waals surface area contributed by atoms with Crippen LogP contribution in [0.4, 0.5) is 5.69 Å². The summed E-state index contributed by atoms with van der Waals surface area (Å²) in [7, 11) is 0. The van der Waals surface area contributed by atoms with Crippen molar-refractivity contribution in [3.8, 4) is 0 Å². The molecule has 2 atom stereocenters. The van der Waals surface area contributed by atoms with Crippen LogP contribution in [0.5, 0.6) is 0 Å². The number of benzene rings is 1. The van der Waals surface area contributed by atoms with Crippen molar-refractivity contribution in [1.29, 1.82) is 0 Å². The second kappa shape index (κ2) is 13.5. The van der Waals surface area contributed by atoms with E-state index in [0.717, 1.165) is 54.0 Å². The zero-order valence-electron chi connectivity index (χ0n) is 24.9. The molecule has 0 amide bonds. The Morgan fingerprint density at radius 3 is 2.33 bits per heavy atom. The van der Waals surface area contributed by atoms with Crippen molar-refractivity contribution in [2.45, 2.75) is 73.3 Å². The minimum Gasteiger partial charge on any atom is -0.359 e. The molecule has 0 aromatic heterocycles. The van der Waals surface area contributed by atoms with Gasteiger partial charge in [-0.05, 0) is 89.2 Å². The van der Waals surface area contributed by atoms with Crippen LogP contribution in [0.3, 0.4) is 0 Å². The number of allylic oxidation sites excluding steroid dienone is 9. The average molecular weight is 522 g/mol. The molecule has 0 radical (unpaired) electrons. The summed E-state index contributed by atoms with van der Waals surface area (Å²) in [6.45, 7) is 26.1. The second-order valence-electron chi connectivity index (χ2n) is 11.0. The summed E-state index contributed by atoms with van der Waals surface area (Å²) < 4.78 is 0. The smallest absolute Gasteiger partial charge is 0.0657 e. The molecular formula is C36H47N3. The molecule has 1 aliphatic heterocycles. The summed E-state index contributed by atoms with van der Waals surface area (Å²) in [5, 5.41) is 7.06. The average Bonchev–Trinajstić information content (AvgIpc) is 3.72. The maximum Gasteiger partial charge on any atom is 0.0657 e. The van der Waals surface area contributed by atoms with Gasteiger partial charge in [-0.3, -0.25) is 4.99 Å². The van der Waals surface area contributed by atoms with E-state index in [-0.39, 0.29) is 11.5 Å². The zero-order valence-corrected chi connectivity index (χ0v) is 24.9. The van der Waals surface area contributed by atoms with Crippen LogP contribution in [0.2, 0.25) is 0 Å². The highest BCUT2D eigenvalue weighted by atomic mass is 15.0. The Morgan fingerprint density at radius 2 is 1.72 bits per heavy atom. The Morgan fingerprint density at radius 1 is 1.03 bits per heavy atom. The van der Waals surface area contributed by atoms with E-state index in [1.165, 1.54) is 22.3 Å². The standard InChI is InChI=1S/C36H47N3/c1-10-32-24-29(7)37-21-18-33(28(6)23-27(32)5)22-26(4)14-15-34(11-2)38-30(8)36(19-20-36)31(9)39-35-16-12-25(3)13-17-35/h11-18,21,23-24,28-29,38-39H,4,8-10,19-20,22H2,1-3,5-7H3/b15-14-,27-23-,32-24-,33-18-,34-11+,37-21-/t28-,29+/m0/s1. The maximum atomic E-state index is 4.71. The molecule has 1 heterocycles. The third kappa shape index (κ3) is 8.20. The Labute approximate surface area is 237 Å². The van der Waals surface area contributed by atoms with Crippen molar-refractivity contribution in [3.05, 3.63) is 125 Å². The Bertz CT molecular complexity index is 1260. The molecule has 2 aliphatic rings. The van der Waals surface area contributed by atoms with Crippen molar-refractivity contribution in [3.63, 3.8) is 0 Å². The molecule has 39 heavy (non-hydrogen) atoms. The van der Waals surface area contributed by atoms with E-state index < -0.39 is 0 Å². The SMILES string of the molecule is C=C(/C=C\C(=C/C)NC(=C)C1(C(=C)Nc2ccc(C)cc2)CC1)C/C1=C/C=N\[C@H](C)/C=C(CC)\C(C)=C/[C@@H]1C. The quantitative estimate of drug-likeness (QED) is 0.284. The summed E-state index contributed by atoms with van der Waals surface area (Å²) >= 11 is 0. The van der Waals surface area contributed by atoms with Gasteiger partial charge in [0.15, 0.2) is 0 Å². The fourth-order valence-electron chi connectivity index (χ4n) is 4.97. The van der Waals surface area contributed by atoms with Crippen LogP contribution in [0, 0.1) is 18.3 Å². The summed E-state index contributed by atoms with van der Waals surface area (Å²) in [5.74, 6) is 0.311. The number of nitrogens with zero attached hydrogens (tertiary/aromatic N) is 1. The zero-order chi connectivity index (χ0) is 28.6. The topological polar surface area (TPSA) is 36.4 Å². The van der Waals surface area contributed by atoms with E-state index in [1.54, 1.807) is 0 Å². The van der Waals surface area contributed by atoms with Gasteiger partial charge < -0.3 is 10.6 Å². The highest BCUT2D eigenvalue weighted by Crippen LogP contribution is 2.55. The van der Waals surface area contributed by atoms with E-state index in [4.69, 9.17) is 4.99 Å². The number of anilines is 1. The third-order valence-electron chi connectivity index (χ3n) is 7.81. The van der Waals surface area contributed by atoms with Gasteiger partial charge in [0.1, 0.15) is 0 Å². The molecule has 0 bridgehead atoms. The lowest BCUT2D eigenvalue weighted by molar-refractivity contribution is 0.677. The molecular weight excluding hydrogens is 474 g/mol. The molecule has 3 nitrogen and oxygen atoms in total. The fourth-order valence-corrected chi connectivity index (χ4v) is 4.97. The maximum absolute atomic E-state index is 4.71. The molecule has 1 aromatic rings. The van der Waals surface area contributed by atoms with Gasteiger partial charge in [0, 0.05) is 34.4 Å². The first-order chi connectivity index (χ1) is 18.6. The van der Waals surface area contributed by atoms with Crippen molar-refractivity contribution < 1.29 is 0 Å². The minimum absolute atomic E-state index is 0.132. The number of aliphatic imine (C=N–C) groups is 1. The molecule has 0 spiro atoms. The molecule has 3 heteroatoms. The normalized spacial score (nSPS) is 25.8. The van der Waals surface area contributed by atoms with E-state index >= 15 is 0 Å². The predicted molar refractivity (Wildman–Crippen MR) is 172 cm³/mol. The molecule has 1 fully saturated rings. The van der Waals surface area contributed by atoms with Gasteiger partial charge in [0.2, 0.25) is 0 Å². The largest absolute Gasteiger partial charge is 0.359 e. The second-order valence-corrected chi connectivity index (χ2v) is 11.0. The van der Waals surface area contributed by atoms with Crippen LogP contribution in [0.25, 0.3) is 0 Å². The number of hydrogen-bond donors (Lipinski definition) is 2. The van der Waals surface area contributed by atoms with Crippen LogP contribution in [-0.2, 0) is 0 Å². The van der Waals surface area contributed by atoms with Crippen molar-refractivity contribution >= 4 is 11.9 Å². The number of nitrogens with one attached hydrogen (secondary N) is 2. The Balaban J connectivity index is 1.63. The monoisotopic (exact) mass is 521 g/mol. The first-order valence-electron chi connectivity index (χ1n) is 14.2. The summed E-state index contributed by atoms with van der Waals surface area (Å²) in [4.78, 5) is 4.71. The fraction of sp³-hybridized carbons (Fsp3) is 0.361. The van der Waals surface area contributed by atoms with Crippen molar-refractivity contribution in [1.82, 2.24) is 5.32 Å². The summed E-state index contributed by atoms with van der Waals surface area (Å²) in [6, 6.07) is 8.58. The van der Waals surface area contributed by atoms with Gasteiger partial charge >= 0.3 is 0 Å². The molecule has 0 unspecified atom stereocenters. The Kier molecular flexibility index (Phi) is 10.3. The van der Waals surface area contributed by atoms with Gasteiger partial charge in [-0.1, -0.05) is 92.3 Å². The first kappa shape index (κ1) is 30.0. The van der Waals surface area contributed by atoms with Gasteiger partial charge in [-0.25, -0.2) is 0 Å². The third-order valence-corrected chi connectivity index (χ3v) is 7.81. The van der Waals surface area contributed by atoms with Gasteiger partial charge in [0.05, 0.1) is 6.04 Å². The predicted octanol–water partition coefficient (Wildman–Crippen LogP) is 9.53. The highest BCUT2D eigenvalue weighted by Gasteiger charge is 2.48. The van der Waals surface area contributed by atoms with E-state index in [1.807, 2.05) is 13.1 Å². The molecule has 206 valence electrons. The molecule has 1 aromatic carbocycles. The van der Waals surface area contributed by atoms with Gasteiger partial charge in [-0.2, -0.15) is 0 Å². The van der Waals surface area contributed by atoms with Crippen LogP contribution in [0.1, 0.15) is 65.9 Å². The van der Waals surface area contributed by atoms with E-state index in [0.29, 0.717) is 5.92 Å².